The minimum absolute atomic E-state index is 0.0655. The van der Waals surface area contributed by atoms with Crippen molar-refractivity contribution in [2.75, 3.05) is 19.9 Å². The lowest BCUT2D eigenvalue weighted by molar-refractivity contribution is -0.0627. The summed E-state index contributed by atoms with van der Waals surface area (Å²) in [4.78, 5) is 0. The molecule has 0 amide bonds. The average Bonchev–Trinajstić information content (AvgIpc) is 2.37. The Morgan fingerprint density at radius 3 is 2.75 bits per heavy atom. The van der Waals surface area contributed by atoms with Crippen LogP contribution in [-0.4, -0.2) is 45.5 Å². The van der Waals surface area contributed by atoms with E-state index < -0.39 is 25.4 Å². The van der Waals surface area contributed by atoms with Crippen LogP contribution >= 0.6 is 7.60 Å². The summed E-state index contributed by atoms with van der Waals surface area (Å²) in [5, 5.41) is 0. The third-order valence-corrected chi connectivity index (χ3v) is 4.64. The highest BCUT2D eigenvalue weighted by Crippen LogP contribution is 2.51. The van der Waals surface area contributed by atoms with Gasteiger partial charge in [0.1, 0.15) is 14.0 Å². The Hall–Kier alpha value is 0.105. The number of ether oxygens (including phenoxy) is 1. The number of halogens is 1. The summed E-state index contributed by atoms with van der Waals surface area (Å²) in [6.45, 7) is 3.43. The van der Waals surface area contributed by atoms with Gasteiger partial charge in [-0.1, -0.05) is 6.92 Å². The van der Waals surface area contributed by atoms with Gasteiger partial charge in [0.25, 0.3) is 0 Å². The maximum atomic E-state index is 13.6. The van der Waals surface area contributed by atoms with Crippen LogP contribution in [0.5, 0.6) is 0 Å². The predicted molar refractivity (Wildman–Crippen MR) is 57.5 cm³/mol. The highest BCUT2D eigenvalue weighted by molar-refractivity contribution is 7.52. The molecular weight excluding hydrogens is 233 g/mol. The monoisotopic (exact) mass is 248 g/mol. The van der Waals surface area contributed by atoms with E-state index in [-0.39, 0.29) is 19.1 Å². The van der Waals surface area contributed by atoms with Crippen molar-refractivity contribution in [3.8, 4) is 0 Å². The Kier molecular flexibility index (Phi) is 3.21. The van der Waals surface area contributed by atoms with E-state index in [9.17, 15) is 8.96 Å². The first-order chi connectivity index (χ1) is 7.36. The van der Waals surface area contributed by atoms with Crippen molar-refractivity contribution >= 4 is 15.4 Å². The van der Waals surface area contributed by atoms with Crippen LogP contribution in [0.4, 0.5) is 4.39 Å². The lowest BCUT2D eigenvalue weighted by Gasteiger charge is -2.30. The first-order valence-corrected chi connectivity index (χ1v) is 7.29. The van der Waals surface area contributed by atoms with Crippen LogP contribution in [0.3, 0.4) is 0 Å². The molecule has 2 aliphatic rings. The molecule has 2 fully saturated rings. The molecular formula is C9H15BFO4P. The van der Waals surface area contributed by atoms with E-state index in [1.165, 1.54) is 6.66 Å². The van der Waals surface area contributed by atoms with E-state index in [1.54, 1.807) is 6.92 Å². The van der Waals surface area contributed by atoms with Crippen molar-refractivity contribution in [3.63, 3.8) is 0 Å². The topological polar surface area (TPSA) is 44.8 Å². The Bertz CT molecular complexity index is 329. The van der Waals surface area contributed by atoms with Crippen molar-refractivity contribution < 1.29 is 22.7 Å². The van der Waals surface area contributed by atoms with Crippen LogP contribution in [0.1, 0.15) is 13.3 Å². The minimum Gasteiger partial charge on any atom is -0.376 e. The van der Waals surface area contributed by atoms with Crippen molar-refractivity contribution in [2.45, 2.75) is 31.1 Å². The molecule has 0 aliphatic carbocycles. The lowest BCUT2D eigenvalue weighted by atomic mass is 9.82. The highest BCUT2D eigenvalue weighted by Gasteiger charge is 2.53. The summed E-state index contributed by atoms with van der Waals surface area (Å²) in [5.74, 6) is -0.385. The minimum atomic E-state index is -3.02. The van der Waals surface area contributed by atoms with Gasteiger partial charge in [-0.15, -0.1) is 0 Å². The van der Waals surface area contributed by atoms with Gasteiger partial charge in [-0.05, 0) is 0 Å². The second kappa shape index (κ2) is 4.09. The SMILES string of the molecule is [B][C@@H]1O[C@@]2(CCOP(C)(=O)OC2)[C@H](C)C1F. The fraction of sp³-hybridized carbons (Fsp3) is 1.00. The van der Waals surface area contributed by atoms with Crippen LogP contribution in [0.25, 0.3) is 0 Å². The molecule has 0 bridgehead atoms. The van der Waals surface area contributed by atoms with Crippen LogP contribution in [0, 0.1) is 5.92 Å². The fourth-order valence-electron chi connectivity index (χ4n) is 2.19. The third-order valence-electron chi connectivity index (χ3n) is 3.39. The normalized spacial score (nSPS) is 54.1. The molecule has 0 aromatic heterocycles. The zero-order valence-corrected chi connectivity index (χ0v) is 10.3. The molecule has 2 saturated heterocycles. The summed E-state index contributed by atoms with van der Waals surface area (Å²) in [6, 6.07) is -0.937. The Labute approximate surface area is 95.8 Å². The van der Waals surface area contributed by atoms with Crippen molar-refractivity contribution in [1.29, 1.82) is 0 Å². The molecule has 2 heterocycles. The number of alkyl halides is 1. The summed E-state index contributed by atoms with van der Waals surface area (Å²) in [6.07, 6.45) is -0.780. The Morgan fingerprint density at radius 2 is 2.19 bits per heavy atom. The predicted octanol–water partition coefficient (Wildman–Crippen LogP) is 1.48. The zero-order valence-electron chi connectivity index (χ0n) is 9.39. The average molecular weight is 248 g/mol. The smallest absolute Gasteiger partial charge is 0.327 e. The third kappa shape index (κ3) is 2.08. The zero-order chi connectivity index (χ0) is 12.0. The van der Waals surface area contributed by atoms with E-state index >= 15 is 0 Å². The second-order valence-corrected chi connectivity index (χ2v) is 6.57. The van der Waals surface area contributed by atoms with Crippen LogP contribution < -0.4 is 0 Å². The standard InChI is InChI=1S/C9H15BFO4P/c1-6-7(11)8(10)15-9(6)3-4-13-16(2,12)14-5-9/h6-8H,3-5H2,1-2H3/t6-,7?,8-,9-,16?/m1/s1. The van der Waals surface area contributed by atoms with Crippen LogP contribution in [-0.2, 0) is 18.3 Å². The van der Waals surface area contributed by atoms with Crippen molar-refractivity contribution in [2.24, 2.45) is 5.92 Å². The molecule has 2 unspecified atom stereocenters. The van der Waals surface area contributed by atoms with Gasteiger partial charge in [0.05, 0.1) is 18.8 Å². The van der Waals surface area contributed by atoms with Gasteiger partial charge in [-0.3, -0.25) is 4.57 Å². The quantitative estimate of drug-likeness (QED) is 0.481. The molecule has 0 aromatic rings. The molecule has 4 nitrogen and oxygen atoms in total. The fourth-order valence-corrected chi connectivity index (χ4v) is 3.14. The van der Waals surface area contributed by atoms with Gasteiger partial charge < -0.3 is 13.8 Å². The first kappa shape index (κ1) is 12.6. The van der Waals surface area contributed by atoms with E-state index in [2.05, 4.69) is 0 Å². The van der Waals surface area contributed by atoms with E-state index in [1.807, 2.05) is 0 Å². The molecule has 0 N–H and O–H groups in total. The highest BCUT2D eigenvalue weighted by atomic mass is 31.2. The number of hydrogen-bond acceptors (Lipinski definition) is 4. The largest absolute Gasteiger partial charge is 0.376 e. The summed E-state index contributed by atoms with van der Waals surface area (Å²) in [5.41, 5.74) is -0.805. The first-order valence-electron chi connectivity index (χ1n) is 5.30. The number of rotatable bonds is 0. The van der Waals surface area contributed by atoms with Crippen molar-refractivity contribution in [3.05, 3.63) is 0 Å². The molecule has 5 atom stereocenters. The maximum Gasteiger partial charge on any atom is 0.327 e. The molecule has 16 heavy (non-hydrogen) atoms. The van der Waals surface area contributed by atoms with Gasteiger partial charge in [-0.2, -0.15) is 0 Å². The van der Waals surface area contributed by atoms with E-state index in [4.69, 9.17) is 21.6 Å². The van der Waals surface area contributed by atoms with Gasteiger partial charge in [-0.25, -0.2) is 4.39 Å². The van der Waals surface area contributed by atoms with Gasteiger partial charge in [0, 0.05) is 25.0 Å². The second-order valence-electron chi connectivity index (χ2n) is 4.51. The van der Waals surface area contributed by atoms with Gasteiger partial charge in [0.15, 0.2) is 0 Å². The van der Waals surface area contributed by atoms with Gasteiger partial charge in [0.2, 0.25) is 0 Å². The molecule has 2 aliphatic heterocycles. The molecule has 2 rings (SSSR count). The lowest BCUT2D eigenvalue weighted by Crippen LogP contribution is -2.40. The summed E-state index contributed by atoms with van der Waals surface area (Å²) >= 11 is 0. The molecule has 90 valence electrons. The number of hydrogen-bond donors (Lipinski definition) is 0. The summed E-state index contributed by atoms with van der Waals surface area (Å²) in [7, 11) is 2.51. The molecule has 0 aromatic carbocycles. The van der Waals surface area contributed by atoms with Crippen LogP contribution in [0.2, 0.25) is 0 Å². The van der Waals surface area contributed by atoms with E-state index in [0.717, 1.165) is 0 Å². The molecule has 1 spiro atoms. The summed E-state index contributed by atoms with van der Waals surface area (Å²) < 4.78 is 41.0. The molecule has 0 saturated carbocycles. The van der Waals surface area contributed by atoms with Crippen LogP contribution in [0.15, 0.2) is 0 Å². The molecule has 7 heteroatoms. The molecule has 2 radical (unpaired) electrons. The Balaban J connectivity index is 2.17. The Morgan fingerprint density at radius 1 is 1.50 bits per heavy atom. The van der Waals surface area contributed by atoms with E-state index in [0.29, 0.717) is 6.42 Å². The van der Waals surface area contributed by atoms with Crippen molar-refractivity contribution in [1.82, 2.24) is 0 Å². The maximum absolute atomic E-state index is 13.6. The van der Waals surface area contributed by atoms with Gasteiger partial charge >= 0.3 is 7.60 Å².